The first-order valence-corrected chi connectivity index (χ1v) is 8.94. The third-order valence-electron chi connectivity index (χ3n) is 6.01. The highest BCUT2D eigenvalue weighted by atomic mass is 19.3. The van der Waals surface area contributed by atoms with E-state index in [0.717, 1.165) is 44.3 Å². The van der Waals surface area contributed by atoms with Gasteiger partial charge in [-0.05, 0) is 43.4 Å². The zero-order valence-electron chi connectivity index (χ0n) is 14.4. The van der Waals surface area contributed by atoms with Crippen LogP contribution in [0.4, 0.5) is 8.78 Å². The number of halogens is 2. The minimum Gasteiger partial charge on any atom is -0.390 e. The molecule has 4 rings (SSSR count). The van der Waals surface area contributed by atoms with Gasteiger partial charge in [0.25, 0.3) is 5.92 Å². The number of alkyl halides is 2. The van der Waals surface area contributed by atoms with Crippen LogP contribution in [0, 0.1) is 5.41 Å². The van der Waals surface area contributed by atoms with E-state index < -0.39 is 5.92 Å². The van der Waals surface area contributed by atoms with Crippen LogP contribution in [0.5, 0.6) is 0 Å². The molecule has 0 radical (unpaired) electrons. The lowest BCUT2D eigenvalue weighted by Gasteiger charge is -2.37. The van der Waals surface area contributed by atoms with Crippen molar-refractivity contribution >= 4 is 0 Å². The molecule has 0 amide bonds. The molecule has 0 atom stereocenters. The summed E-state index contributed by atoms with van der Waals surface area (Å²) < 4.78 is 35.0. The van der Waals surface area contributed by atoms with Crippen LogP contribution in [0.15, 0.2) is 0 Å². The number of aliphatic hydroxyl groups is 1. The number of hydrogen-bond acceptors (Lipinski definition) is 3. The third-order valence-corrected chi connectivity index (χ3v) is 6.01. The molecule has 1 spiro atoms. The summed E-state index contributed by atoms with van der Waals surface area (Å²) in [4.78, 5) is 0. The number of ether oxygens (including phenoxy) is 1. The molecule has 24 heavy (non-hydrogen) atoms. The van der Waals surface area contributed by atoms with Crippen LogP contribution in [0.2, 0.25) is 0 Å². The molecule has 1 aromatic heterocycles. The topological polar surface area (TPSA) is 47.3 Å². The molecule has 4 nitrogen and oxygen atoms in total. The summed E-state index contributed by atoms with van der Waals surface area (Å²) in [7, 11) is 0. The summed E-state index contributed by atoms with van der Waals surface area (Å²) in [6, 6.07) is 0. The Kier molecular flexibility index (Phi) is 3.59. The van der Waals surface area contributed by atoms with Crippen molar-refractivity contribution in [3.63, 3.8) is 0 Å². The molecule has 3 heterocycles. The van der Waals surface area contributed by atoms with Gasteiger partial charge in [-0.1, -0.05) is 13.8 Å². The summed E-state index contributed by atoms with van der Waals surface area (Å²) in [5.41, 5.74) is 2.32. The van der Waals surface area contributed by atoms with E-state index in [9.17, 15) is 13.9 Å². The summed E-state index contributed by atoms with van der Waals surface area (Å²) >= 11 is 0. The Morgan fingerprint density at radius 2 is 2.00 bits per heavy atom. The fraction of sp³-hybridized carbons (Fsp3) is 0.833. The molecule has 0 aromatic carbocycles. The molecule has 0 bridgehead atoms. The Labute approximate surface area is 141 Å². The van der Waals surface area contributed by atoms with E-state index in [-0.39, 0.29) is 36.5 Å². The van der Waals surface area contributed by atoms with Crippen molar-refractivity contribution in [2.24, 2.45) is 5.41 Å². The first-order chi connectivity index (χ1) is 11.2. The van der Waals surface area contributed by atoms with E-state index in [2.05, 4.69) is 18.9 Å². The van der Waals surface area contributed by atoms with Crippen LogP contribution in [0.25, 0.3) is 0 Å². The quantitative estimate of drug-likeness (QED) is 0.897. The zero-order valence-corrected chi connectivity index (χ0v) is 14.4. The molecule has 1 N–H and O–H groups in total. The van der Waals surface area contributed by atoms with Crippen molar-refractivity contribution < 1.29 is 18.6 Å². The van der Waals surface area contributed by atoms with E-state index >= 15 is 0 Å². The minimum atomic E-state index is -2.71. The monoisotopic (exact) mass is 340 g/mol. The Hall–Kier alpha value is -1.01. The lowest BCUT2D eigenvalue weighted by atomic mass is 9.71. The number of fused-ring (bicyclic) bond motifs is 1. The van der Waals surface area contributed by atoms with Crippen LogP contribution in [0.3, 0.4) is 0 Å². The van der Waals surface area contributed by atoms with Gasteiger partial charge in [0.1, 0.15) is 6.54 Å². The van der Waals surface area contributed by atoms with Crippen LogP contribution >= 0.6 is 0 Å². The number of rotatable bonds is 2. The lowest BCUT2D eigenvalue weighted by molar-refractivity contribution is -0.0296. The molecule has 1 saturated heterocycles. The van der Waals surface area contributed by atoms with Gasteiger partial charge in [0.15, 0.2) is 0 Å². The van der Waals surface area contributed by atoms with Crippen molar-refractivity contribution in [2.75, 3.05) is 6.61 Å². The van der Waals surface area contributed by atoms with Crippen LogP contribution < -0.4 is 0 Å². The molecule has 2 aliphatic heterocycles. The minimum absolute atomic E-state index is 0.0281. The van der Waals surface area contributed by atoms with Gasteiger partial charge in [0, 0.05) is 11.3 Å². The molecular formula is C18H26F2N2O2. The molecule has 2 fully saturated rings. The Morgan fingerprint density at radius 1 is 1.29 bits per heavy atom. The Balaban J connectivity index is 1.55. The maximum absolute atomic E-state index is 13.7. The molecule has 0 unspecified atom stereocenters. The average Bonchev–Trinajstić information content (AvgIpc) is 3.07. The van der Waals surface area contributed by atoms with Crippen molar-refractivity contribution in [1.82, 2.24) is 9.78 Å². The molecule has 6 heteroatoms. The smallest absolute Gasteiger partial charge is 0.272 e. The van der Waals surface area contributed by atoms with Gasteiger partial charge in [-0.25, -0.2) is 8.78 Å². The maximum atomic E-state index is 13.7. The van der Waals surface area contributed by atoms with Crippen molar-refractivity contribution in [2.45, 2.75) is 83.0 Å². The zero-order chi connectivity index (χ0) is 17.2. The number of aliphatic hydroxyl groups excluding tert-OH is 1. The second kappa shape index (κ2) is 5.24. The van der Waals surface area contributed by atoms with Gasteiger partial charge in [-0.15, -0.1) is 0 Å². The first kappa shape index (κ1) is 16.5. The van der Waals surface area contributed by atoms with E-state index in [1.54, 1.807) is 0 Å². The largest absolute Gasteiger partial charge is 0.390 e. The number of nitrogens with zero attached hydrogens (tertiary/aromatic N) is 2. The predicted octanol–water partition coefficient (Wildman–Crippen LogP) is 3.41. The van der Waals surface area contributed by atoms with E-state index in [1.165, 1.54) is 4.68 Å². The fourth-order valence-electron chi connectivity index (χ4n) is 5.07. The Bertz CT molecular complexity index is 646. The second-order valence-electron chi connectivity index (χ2n) is 8.74. The van der Waals surface area contributed by atoms with Crippen molar-refractivity contribution in [3.05, 3.63) is 17.0 Å². The van der Waals surface area contributed by atoms with Gasteiger partial charge in [0.05, 0.1) is 30.9 Å². The number of aromatic nitrogens is 2. The van der Waals surface area contributed by atoms with Gasteiger partial charge in [-0.2, -0.15) is 5.10 Å². The molecular weight excluding hydrogens is 314 g/mol. The third kappa shape index (κ3) is 2.68. The summed E-state index contributed by atoms with van der Waals surface area (Å²) in [6.45, 7) is 4.75. The average molecular weight is 340 g/mol. The fourth-order valence-corrected chi connectivity index (χ4v) is 5.07. The SMILES string of the molecule is CC1(C)COC2(CCC(c3c(CO)nn4c3CC(F)(F)C4)CC2)C1. The molecule has 1 aliphatic carbocycles. The highest BCUT2D eigenvalue weighted by Crippen LogP contribution is 2.51. The van der Waals surface area contributed by atoms with Crippen LogP contribution in [-0.2, 0) is 24.3 Å². The summed E-state index contributed by atoms with van der Waals surface area (Å²) in [6.07, 6.45) is 4.60. The highest BCUT2D eigenvalue weighted by molar-refractivity contribution is 5.34. The van der Waals surface area contributed by atoms with Gasteiger partial charge < -0.3 is 9.84 Å². The second-order valence-corrected chi connectivity index (χ2v) is 8.74. The van der Waals surface area contributed by atoms with E-state index in [1.807, 2.05) is 0 Å². The standard InChI is InChI=1S/C18H26F2N2O2/c1-16(2)9-17(24-11-16)5-3-12(4-6-17)15-13(8-23)21-22-10-18(19,20)7-14(15)22/h12,23H,3-11H2,1-2H3. The predicted molar refractivity (Wildman–Crippen MR) is 85.1 cm³/mol. The summed E-state index contributed by atoms with van der Waals surface area (Å²) in [5, 5.41) is 13.9. The molecule has 1 saturated carbocycles. The van der Waals surface area contributed by atoms with Crippen molar-refractivity contribution in [3.8, 4) is 0 Å². The lowest BCUT2D eigenvalue weighted by Crippen LogP contribution is -2.33. The number of hydrogen-bond donors (Lipinski definition) is 1. The van der Waals surface area contributed by atoms with E-state index in [4.69, 9.17) is 4.74 Å². The molecule has 1 aromatic rings. The van der Waals surface area contributed by atoms with Gasteiger partial charge >= 0.3 is 0 Å². The van der Waals surface area contributed by atoms with Crippen LogP contribution in [-0.4, -0.2) is 33.0 Å². The highest BCUT2D eigenvalue weighted by Gasteiger charge is 2.48. The van der Waals surface area contributed by atoms with Gasteiger partial charge in [-0.3, -0.25) is 4.68 Å². The van der Waals surface area contributed by atoms with Crippen molar-refractivity contribution in [1.29, 1.82) is 0 Å². The first-order valence-electron chi connectivity index (χ1n) is 8.94. The van der Waals surface area contributed by atoms with E-state index in [0.29, 0.717) is 11.4 Å². The van der Waals surface area contributed by atoms with Crippen LogP contribution in [0.1, 0.15) is 68.8 Å². The molecule has 134 valence electrons. The normalized spacial score (nSPS) is 34.0. The summed E-state index contributed by atoms with van der Waals surface area (Å²) in [5.74, 6) is -2.50. The Morgan fingerprint density at radius 3 is 2.58 bits per heavy atom. The van der Waals surface area contributed by atoms with Gasteiger partial charge in [0.2, 0.25) is 0 Å². The molecule has 3 aliphatic rings. The maximum Gasteiger partial charge on any atom is 0.272 e.